The summed E-state index contributed by atoms with van der Waals surface area (Å²) in [5, 5.41) is 3.48. The number of anilines is 1. The Bertz CT molecular complexity index is 412. The van der Waals surface area contributed by atoms with Crippen molar-refractivity contribution in [3.8, 4) is 0 Å². The summed E-state index contributed by atoms with van der Waals surface area (Å²) in [5.74, 6) is 0. The van der Waals surface area contributed by atoms with Crippen LogP contribution in [-0.2, 0) is 6.42 Å². The Morgan fingerprint density at radius 2 is 1.53 bits per heavy atom. The van der Waals surface area contributed by atoms with Crippen molar-refractivity contribution < 1.29 is 0 Å². The van der Waals surface area contributed by atoms with Gasteiger partial charge in [-0.05, 0) is 56.7 Å². The Kier molecular flexibility index (Phi) is 4.84. The van der Waals surface area contributed by atoms with Gasteiger partial charge in [0.1, 0.15) is 0 Å². The minimum absolute atomic E-state index is 0.113. The van der Waals surface area contributed by atoms with E-state index in [1.165, 1.54) is 16.8 Å². The first-order valence-electron chi connectivity index (χ1n) is 7.13. The van der Waals surface area contributed by atoms with Crippen molar-refractivity contribution in [2.75, 3.05) is 5.32 Å². The fraction of sp³-hybridized carbons (Fsp3) is 0.556. The van der Waals surface area contributed by atoms with E-state index in [-0.39, 0.29) is 11.0 Å². The highest BCUT2D eigenvalue weighted by atomic mass is 14.9. The lowest BCUT2D eigenvalue weighted by Crippen LogP contribution is -2.25. The third kappa shape index (κ3) is 5.96. The quantitative estimate of drug-likeness (QED) is 0.711. The fourth-order valence-electron chi connectivity index (χ4n) is 1.86. The Morgan fingerprint density at radius 3 is 1.95 bits per heavy atom. The second-order valence-corrected chi connectivity index (χ2v) is 7.43. The third-order valence-corrected chi connectivity index (χ3v) is 3.25. The van der Waals surface area contributed by atoms with Crippen molar-refractivity contribution in [1.82, 2.24) is 0 Å². The maximum absolute atomic E-state index is 4.19. The fourth-order valence-corrected chi connectivity index (χ4v) is 1.86. The van der Waals surface area contributed by atoms with Crippen LogP contribution in [0.4, 0.5) is 5.69 Å². The smallest absolute Gasteiger partial charge is 0.0344 e. The Balaban J connectivity index is 2.56. The van der Waals surface area contributed by atoms with Gasteiger partial charge in [0.25, 0.3) is 0 Å². The van der Waals surface area contributed by atoms with Crippen LogP contribution >= 0.6 is 0 Å². The maximum atomic E-state index is 4.19. The zero-order valence-corrected chi connectivity index (χ0v) is 13.4. The van der Waals surface area contributed by atoms with Gasteiger partial charge in [0, 0.05) is 11.2 Å². The van der Waals surface area contributed by atoms with Gasteiger partial charge in [-0.3, -0.25) is 0 Å². The molecule has 1 aromatic rings. The van der Waals surface area contributed by atoms with Crippen LogP contribution in [0, 0.1) is 5.41 Å². The highest BCUT2D eigenvalue weighted by Gasteiger charge is 2.14. The van der Waals surface area contributed by atoms with Crippen LogP contribution < -0.4 is 5.32 Å². The monoisotopic (exact) mass is 259 g/mol. The molecule has 0 aromatic heterocycles. The normalized spacial score (nSPS) is 12.3. The lowest BCUT2D eigenvalue weighted by atomic mass is 9.84. The minimum Gasteiger partial charge on any atom is -0.380 e. The summed E-state index contributed by atoms with van der Waals surface area (Å²) in [7, 11) is 0. The molecular formula is C18H29N. The zero-order valence-electron chi connectivity index (χ0n) is 13.4. The van der Waals surface area contributed by atoms with Gasteiger partial charge < -0.3 is 5.32 Å². The van der Waals surface area contributed by atoms with E-state index in [4.69, 9.17) is 0 Å². The first-order chi connectivity index (χ1) is 8.58. The molecule has 0 heterocycles. The first kappa shape index (κ1) is 15.8. The average Bonchev–Trinajstić information content (AvgIpc) is 2.24. The van der Waals surface area contributed by atoms with Crippen LogP contribution in [0.15, 0.2) is 36.4 Å². The van der Waals surface area contributed by atoms with Crippen LogP contribution in [0.1, 0.15) is 53.5 Å². The van der Waals surface area contributed by atoms with Crippen molar-refractivity contribution in [1.29, 1.82) is 0 Å². The molecule has 0 atom stereocenters. The lowest BCUT2D eigenvalue weighted by Gasteiger charge is -2.23. The van der Waals surface area contributed by atoms with Gasteiger partial charge in [-0.25, -0.2) is 0 Å². The molecule has 0 saturated heterocycles. The molecule has 0 aliphatic rings. The molecule has 0 unspecified atom stereocenters. The summed E-state index contributed by atoms with van der Waals surface area (Å²) in [6.07, 6.45) is 2.14. The minimum atomic E-state index is 0.113. The van der Waals surface area contributed by atoms with E-state index in [2.05, 4.69) is 77.7 Å². The number of hydrogen-bond donors (Lipinski definition) is 1. The van der Waals surface area contributed by atoms with Crippen molar-refractivity contribution in [2.45, 2.75) is 59.9 Å². The second kappa shape index (κ2) is 5.81. The molecule has 0 amide bonds. The molecule has 19 heavy (non-hydrogen) atoms. The van der Waals surface area contributed by atoms with E-state index < -0.39 is 0 Å². The van der Waals surface area contributed by atoms with Crippen molar-refractivity contribution in [3.05, 3.63) is 42.0 Å². The highest BCUT2D eigenvalue weighted by molar-refractivity contribution is 5.46. The molecule has 1 heteroatoms. The van der Waals surface area contributed by atoms with Crippen LogP contribution in [0.2, 0.25) is 0 Å². The highest BCUT2D eigenvalue weighted by Crippen LogP contribution is 2.27. The Labute approximate surface area is 119 Å². The molecule has 0 spiro atoms. The summed E-state index contributed by atoms with van der Waals surface area (Å²) in [6.45, 7) is 17.4. The van der Waals surface area contributed by atoms with Crippen LogP contribution in [-0.4, -0.2) is 5.54 Å². The molecule has 0 saturated carbocycles. The van der Waals surface area contributed by atoms with E-state index >= 15 is 0 Å². The number of hydrogen-bond acceptors (Lipinski definition) is 1. The first-order valence-corrected chi connectivity index (χ1v) is 7.13. The molecule has 106 valence electrons. The largest absolute Gasteiger partial charge is 0.380 e. The van der Waals surface area contributed by atoms with Crippen LogP contribution in [0.25, 0.3) is 0 Å². The van der Waals surface area contributed by atoms with E-state index in [9.17, 15) is 0 Å². The summed E-state index contributed by atoms with van der Waals surface area (Å²) < 4.78 is 0. The number of rotatable bonds is 4. The van der Waals surface area contributed by atoms with Gasteiger partial charge in [-0.1, -0.05) is 45.1 Å². The number of allylic oxidation sites excluding steroid dienone is 1. The van der Waals surface area contributed by atoms with Crippen molar-refractivity contribution >= 4 is 5.69 Å². The SMILES string of the molecule is C=C(CCc1ccc(NC(C)(C)C)cc1)C(C)(C)C. The van der Waals surface area contributed by atoms with Gasteiger partial charge in [-0.2, -0.15) is 0 Å². The number of benzene rings is 1. The predicted octanol–water partition coefficient (Wildman–Crippen LogP) is 5.43. The summed E-state index contributed by atoms with van der Waals surface area (Å²) in [4.78, 5) is 0. The Hall–Kier alpha value is -1.24. The molecule has 0 fully saturated rings. The van der Waals surface area contributed by atoms with Crippen LogP contribution in [0.5, 0.6) is 0 Å². The standard InChI is InChI=1S/C18H29N/c1-14(17(2,3)4)8-9-15-10-12-16(13-11-15)19-18(5,6)7/h10-13,19H,1,8-9H2,2-7H3. The van der Waals surface area contributed by atoms with Gasteiger partial charge in [0.15, 0.2) is 0 Å². The van der Waals surface area contributed by atoms with E-state index in [0.29, 0.717) is 0 Å². The third-order valence-electron chi connectivity index (χ3n) is 3.25. The van der Waals surface area contributed by atoms with Crippen molar-refractivity contribution in [2.24, 2.45) is 5.41 Å². The average molecular weight is 259 g/mol. The molecule has 0 radical (unpaired) electrons. The summed E-state index contributed by atoms with van der Waals surface area (Å²) in [6, 6.07) is 8.76. The zero-order chi connectivity index (χ0) is 14.7. The Morgan fingerprint density at radius 1 is 1.00 bits per heavy atom. The van der Waals surface area contributed by atoms with E-state index in [1.54, 1.807) is 0 Å². The molecule has 1 rings (SSSR count). The van der Waals surface area contributed by atoms with Crippen molar-refractivity contribution in [3.63, 3.8) is 0 Å². The molecule has 0 bridgehead atoms. The summed E-state index contributed by atoms with van der Waals surface area (Å²) in [5.41, 5.74) is 4.22. The van der Waals surface area contributed by atoms with E-state index in [1.807, 2.05) is 0 Å². The molecule has 0 aliphatic carbocycles. The lowest BCUT2D eigenvalue weighted by molar-refractivity contribution is 0.484. The van der Waals surface area contributed by atoms with E-state index in [0.717, 1.165) is 12.8 Å². The molecule has 1 aromatic carbocycles. The van der Waals surface area contributed by atoms with Gasteiger partial charge in [-0.15, -0.1) is 0 Å². The van der Waals surface area contributed by atoms with Gasteiger partial charge in [0.05, 0.1) is 0 Å². The topological polar surface area (TPSA) is 12.0 Å². The van der Waals surface area contributed by atoms with Crippen LogP contribution in [0.3, 0.4) is 0 Å². The van der Waals surface area contributed by atoms with Gasteiger partial charge in [0.2, 0.25) is 0 Å². The van der Waals surface area contributed by atoms with Gasteiger partial charge >= 0.3 is 0 Å². The second-order valence-electron chi connectivity index (χ2n) is 7.43. The molecule has 0 aliphatic heterocycles. The predicted molar refractivity (Wildman–Crippen MR) is 86.7 cm³/mol. The molecule has 1 N–H and O–H groups in total. The molecular weight excluding hydrogens is 230 g/mol. The number of nitrogens with one attached hydrogen (secondary N) is 1. The molecule has 1 nitrogen and oxygen atoms in total. The maximum Gasteiger partial charge on any atom is 0.0344 e. The summed E-state index contributed by atoms with van der Waals surface area (Å²) >= 11 is 0. The number of aryl methyl sites for hydroxylation is 1.